The third-order valence-corrected chi connectivity index (χ3v) is 8.09. The predicted molar refractivity (Wildman–Crippen MR) is 103 cm³/mol. The zero-order chi connectivity index (χ0) is 18.8. The topological polar surface area (TPSA) is 65.2 Å². The molecule has 4 saturated heterocycles. The van der Waals surface area contributed by atoms with Gasteiger partial charge in [0.15, 0.2) is 0 Å². The molecule has 2 amide bonds. The molecule has 1 aromatic carbocycles. The van der Waals surface area contributed by atoms with Crippen molar-refractivity contribution in [1.82, 2.24) is 15.2 Å². The molecule has 2 N–H and O–H groups in total. The second-order valence-corrected chi connectivity index (χ2v) is 9.78. The van der Waals surface area contributed by atoms with Crippen molar-refractivity contribution in [1.29, 1.82) is 0 Å². The molecular weight excluding hydrogens is 362 g/mol. The minimum absolute atomic E-state index is 0.0537. The van der Waals surface area contributed by atoms with Crippen LogP contribution in [-0.4, -0.2) is 39.3 Å². The van der Waals surface area contributed by atoms with Gasteiger partial charge in [-0.25, -0.2) is 0 Å². The van der Waals surface area contributed by atoms with Crippen LogP contribution < -0.4 is 5.32 Å². The van der Waals surface area contributed by atoms with Gasteiger partial charge in [0.1, 0.15) is 11.1 Å². The highest BCUT2D eigenvalue weighted by molar-refractivity contribution is 6.31. The Morgan fingerprint density at radius 3 is 2.89 bits per heavy atom. The van der Waals surface area contributed by atoms with E-state index in [4.69, 9.17) is 11.6 Å². The number of H-pyrrole nitrogens is 1. The third kappa shape index (κ3) is 1.61. The second-order valence-electron chi connectivity index (χ2n) is 9.34. The van der Waals surface area contributed by atoms with Gasteiger partial charge < -0.3 is 15.2 Å². The summed E-state index contributed by atoms with van der Waals surface area (Å²) in [6.45, 7) is 5.13. The number of aromatic amines is 1. The first-order valence-electron chi connectivity index (χ1n) is 9.75. The fourth-order valence-electron chi connectivity index (χ4n) is 6.61. The number of carbonyl (C=O) groups excluding carboxylic acids is 2. The number of hydrogen-bond acceptors (Lipinski definition) is 2. The van der Waals surface area contributed by atoms with Crippen LogP contribution in [0.25, 0.3) is 10.9 Å². The monoisotopic (exact) mass is 383 g/mol. The quantitative estimate of drug-likeness (QED) is 0.734. The normalized spacial score (nSPS) is 35.8. The lowest BCUT2D eigenvalue weighted by atomic mass is 9.51. The van der Waals surface area contributed by atoms with Crippen LogP contribution in [0.1, 0.15) is 44.4 Å². The summed E-state index contributed by atoms with van der Waals surface area (Å²) in [6, 6.07) is 5.86. The van der Waals surface area contributed by atoms with Crippen LogP contribution in [0, 0.1) is 5.92 Å². The first-order chi connectivity index (χ1) is 12.8. The number of halogens is 1. The van der Waals surface area contributed by atoms with Gasteiger partial charge in [-0.2, -0.15) is 0 Å². The van der Waals surface area contributed by atoms with Gasteiger partial charge in [0.05, 0.1) is 0 Å². The highest BCUT2D eigenvalue weighted by atomic mass is 35.5. The molecule has 4 fully saturated rings. The molecule has 0 unspecified atom stereocenters. The number of hydrogen-bond donors (Lipinski definition) is 2. The van der Waals surface area contributed by atoms with Crippen LogP contribution in [0.15, 0.2) is 18.2 Å². The lowest BCUT2D eigenvalue weighted by molar-refractivity contribution is -0.179. The number of piperidine rings is 2. The van der Waals surface area contributed by atoms with E-state index in [9.17, 15) is 9.59 Å². The summed E-state index contributed by atoms with van der Waals surface area (Å²) in [5, 5.41) is 5.03. The Morgan fingerprint density at radius 1 is 1.26 bits per heavy atom. The van der Waals surface area contributed by atoms with E-state index in [2.05, 4.69) is 24.1 Å². The van der Waals surface area contributed by atoms with Gasteiger partial charge in [0.25, 0.3) is 0 Å². The van der Waals surface area contributed by atoms with Crippen molar-refractivity contribution in [3.63, 3.8) is 0 Å². The maximum Gasteiger partial charge on any atom is 0.249 e. The Balaban J connectivity index is 1.63. The summed E-state index contributed by atoms with van der Waals surface area (Å²) in [5.74, 6) is 0.261. The molecule has 0 radical (unpaired) electrons. The number of amides is 2. The molecule has 1 aromatic heterocycles. The Labute approximate surface area is 162 Å². The number of aromatic nitrogens is 1. The summed E-state index contributed by atoms with van der Waals surface area (Å²) in [5.41, 5.74) is 1.63. The number of nitrogens with one attached hydrogen (secondary N) is 2. The molecule has 2 aromatic rings. The van der Waals surface area contributed by atoms with E-state index in [0.29, 0.717) is 18.0 Å². The van der Waals surface area contributed by atoms with E-state index in [0.717, 1.165) is 35.7 Å². The third-order valence-electron chi connectivity index (χ3n) is 7.85. The van der Waals surface area contributed by atoms with Crippen molar-refractivity contribution < 1.29 is 9.59 Å². The number of carbonyl (C=O) groups is 2. The molecule has 0 saturated carbocycles. The van der Waals surface area contributed by atoms with Gasteiger partial charge in [-0.15, -0.1) is 0 Å². The van der Waals surface area contributed by atoms with Gasteiger partial charge in [-0.1, -0.05) is 31.5 Å². The van der Waals surface area contributed by atoms with E-state index in [1.165, 1.54) is 5.69 Å². The number of benzene rings is 1. The van der Waals surface area contributed by atoms with Crippen LogP contribution in [0.5, 0.6) is 0 Å². The van der Waals surface area contributed by atoms with Gasteiger partial charge in [-0.05, 0) is 37.0 Å². The lowest BCUT2D eigenvalue weighted by Gasteiger charge is -2.64. The minimum Gasteiger partial charge on any atom is -0.358 e. The number of piperazine rings is 1. The van der Waals surface area contributed by atoms with Crippen molar-refractivity contribution in [3.05, 3.63) is 34.5 Å². The van der Waals surface area contributed by atoms with Gasteiger partial charge in [0, 0.05) is 45.9 Å². The van der Waals surface area contributed by atoms with Crippen molar-refractivity contribution in [3.8, 4) is 0 Å². The zero-order valence-corrected chi connectivity index (χ0v) is 16.2. The molecular formula is C21H22ClN3O2. The van der Waals surface area contributed by atoms with Crippen LogP contribution >= 0.6 is 11.6 Å². The Hall–Kier alpha value is -2.01. The van der Waals surface area contributed by atoms with Crippen molar-refractivity contribution in [2.24, 2.45) is 5.92 Å². The maximum absolute atomic E-state index is 13.7. The highest BCUT2D eigenvalue weighted by Crippen LogP contribution is 2.59. The molecule has 5 aliphatic rings. The highest BCUT2D eigenvalue weighted by Gasteiger charge is 2.72. The fraction of sp³-hybridized carbons (Fsp3) is 0.524. The van der Waals surface area contributed by atoms with E-state index in [-0.39, 0.29) is 23.1 Å². The number of rotatable bonds is 0. The molecule has 4 aliphatic heterocycles. The van der Waals surface area contributed by atoms with Gasteiger partial charge in [0.2, 0.25) is 11.8 Å². The molecule has 7 rings (SSSR count). The van der Waals surface area contributed by atoms with Gasteiger partial charge in [-0.3, -0.25) is 9.59 Å². The lowest BCUT2D eigenvalue weighted by Crippen LogP contribution is -2.84. The predicted octanol–water partition coefficient (Wildman–Crippen LogP) is 2.90. The average molecular weight is 384 g/mol. The summed E-state index contributed by atoms with van der Waals surface area (Å²) >= 11 is 6.20. The first kappa shape index (κ1) is 16.0. The number of nitrogens with zero attached hydrogens (tertiary/aromatic N) is 1. The molecule has 6 heteroatoms. The summed E-state index contributed by atoms with van der Waals surface area (Å²) in [4.78, 5) is 32.2. The molecule has 5 nitrogen and oxygen atoms in total. The summed E-state index contributed by atoms with van der Waals surface area (Å²) in [7, 11) is 0. The average Bonchev–Trinajstić information content (AvgIpc) is 3.19. The van der Waals surface area contributed by atoms with Crippen molar-refractivity contribution in [2.75, 3.05) is 6.54 Å². The molecule has 2 bridgehead atoms. The zero-order valence-electron chi connectivity index (χ0n) is 15.5. The minimum atomic E-state index is -0.825. The van der Waals surface area contributed by atoms with Crippen LogP contribution in [0.3, 0.4) is 0 Å². The smallest absolute Gasteiger partial charge is 0.249 e. The van der Waals surface area contributed by atoms with Crippen molar-refractivity contribution in [2.45, 2.75) is 56.0 Å². The second kappa shape index (κ2) is 4.52. The SMILES string of the molecule is CC1(C)c2[nH]c3cc(Cl)ccc3c2C[C@@]23NC(=O)[C@]4(CCCN4C2=O)C[C@H]13. The first-order valence-corrected chi connectivity index (χ1v) is 10.1. The summed E-state index contributed by atoms with van der Waals surface area (Å²) < 4.78 is 0. The van der Waals surface area contributed by atoms with E-state index in [1.807, 2.05) is 23.1 Å². The molecule has 1 aliphatic carbocycles. The fourth-order valence-corrected chi connectivity index (χ4v) is 6.78. The molecule has 27 heavy (non-hydrogen) atoms. The van der Waals surface area contributed by atoms with E-state index >= 15 is 0 Å². The van der Waals surface area contributed by atoms with Crippen LogP contribution in [0.2, 0.25) is 5.02 Å². The molecule has 140 valence electrons. The Bertz CT molecular complexity index is 1060. The van der Waals surface area contributed by atoms with Crippen molar-refractivity contribution >= 4 is 34.3 Å². The van der Waals surface area contributed by atoms with Gasteiger partial charge >= 0.3 is 0 Å². The van der Waals surface area contributed by atoms with Crippen LogP contribution in [0.4, 0.5) is 0 Å². The molecule has 3 atom stereocenters. The Morgan fingerprint density at radius 2 is 2.07 bits per heavy atom. The van der Waals surface area contributed by atoms with E-state index < -0.39 is 11.1 Å². The largest absolute Gasteiger partial charge is 0.358 e. The van der Waals surface area contributed by atoms with E-state index in [1.54, 1.807) is 0 Å². The van der Waals surface area contributed by atoms with Crippen LogP contribution in [-0.2, 0) is 21.4 Å². The maximum atomic E-state index is 13.7. The Kier molecular flexibility index (Phi) is 2.67. The molecule has 5 heterocycles. The standard InChI is InChI=1S/C21H22ClN3O2/c1-19(2)15-10-20-6-3-7-25(20)18(27)21(15,24-17(20)26)9-13-12-5-4-11(22)8-14(12)23-16(13)19/h4-5,8,15,23H,3,6-7,9-10H2,1-2H3,(H,24,26)/t15-,20+,21+/m1/s1. The number of fused-ring (bicyclic) bond motifs is 4. The molecule has 2 spiro atoms. The summed E-state index contributed by atoms with van der Waals surface area (Å²) in [6.07, 6.45) is 3.00.